The van der Waals surface area contributed by atoms with Gasteiger partial charge in [-0.25, -0.2) is 0 Å². The van der Waals surface area contributed by atoms with Gasteiger partial charge in [-0.2, -0.15) is 13.2 Å². The molecule has 0 N–H and O–H groups in total. The summed E-state index contributed by atoms with van der Waals surface area (Å²) in [4.78, 5) is 10.7. The lowest BCUT2D eigenvalue weighted by molar-refractivity contribution is -0.142. The van der Waals surface area contributed by atoms with Crippen molar-refractivity contribution in [2.45, 2.75) is 64.0 Å². The Balaban J connectivity index is 3.41. The van der Waals surface area contributed by atoms with E-state index < -0.39 is 12.6 Å². The molecule has 0 radical (unpaired) electrons. The summed E-state index contributed by atoms with van der Waals surface area (Å²) in [5.74, 6) is 0.525. The van der Waals surface area contributed by atoms with Crippen molar-refractivity contribution in [3.63, 3.8) is 0 Å². The van der Waals surface area contributed by atoms with E-state index >= 15 is 0 Å². The maximum atomic E-state index is 11.9. The molecule has 0 aliphatic heterocycles. The van der Waals surface area contributed by atoms with Crippen LogP contribution in [-0.4, -0.2) is 23.3 Å². The van der Waals surface area contributed by atoms with Crippen molar-refractivity contribution >= 4 is 17.7 Å². The molecule has 0 aromatic carbocycles. The molecule has 0 aromatic rings. The summed E-state index contributed by atoms with van der Waals surface area (Å²) in [6.45, 7) is 3.31. The van der Waals surface area contributed by atoms with Gasteiger partial charge in [-0.15, -0.1) is 11.8 Å². The van der Waals surface area contributed by atoms with Crippen LogP contribution in [0.3, 0.4) is 0 Å². The Morgan fingerprint density at radius 3 is 2.33 bits per heavy atom. The lowest BCUT2D eigenvalue weighted by Crippen LogP contribution is -2.11. The van der Waals surface area contributed by atoms with E-state index in [-0.39, 0.29) is 17.8 Å². The quantitative estimate of drug-likeness (QED) is 0.354. The Morgan fingerprint density at radius 1 is 1.22 bits per heavy atom. The Bertz CT molecular complexity index is 232. The Labute approximate surface area is 111 Å². The lowest BCUT2D eigenvalue weighted by atomic mass is 10.1. The van der Waals surface area contributed by atoms with Gasteiger partial charge in [0.25, 0.3) is 0 Å². The van der Waals surface area contributed by atoms with Gasteiger partial charge < -0.3 is 4.74 Å². The summed E-state index contributed by atoms with van der Waals surface area (Å²) in [6.07, 6.45) is -1.51. The van der Waals surface area contributed by atoms with Crippen LogP contribution < -0.4 is 0 Å². The summed E-state index contributed by atoms with van der Waals surface area (Å²) < 4.78 is 40.6. The van der Waals surface area contributed by atoms with E-state index in [9.17, 15) is 18.0 Å². The van der Waals surface area contributed by atoms with Gasteiger partial charge in [0.2, 0.25) is 0 Å². The van der Waals surface area contributed by atoms with Crippen molar-refractivity contribution in [3.8, 4) is 0 Å². The molecule has 0 heterocycles. The number of carbonyl (C=O) groups excluding carboxylic acids is 1. The Hall–Kier alpha value is -0.390. The topological polar surface area (TPSA) is 26.3 Å². The highest BCUT2D eigenvalue weighted by molar-refractivity contribution is 7.99. The van der Waals surface area contributed by atoms with E-state index in [2.05, 4.69) is 0 Å². The molecule has 0 aliphatic rings. The molecule has 0 saturated heterocycles. The third-order valence-corrected chi connectivity index (χ3v) is 3.61. The van der Waals surface area contributed by atoms with Crippen LogP contribution >= 0.6 is 11.8 Å². The first kappa shape index (κ1) is 17.6. The number of hydrogen-bond acceptors (Lipinski definition) is 3. The van der Waals surface area contributed by atoms with E-state index in [0.717, 1.165) is 25.0 Å². The van der Waals surface area contributed by atoms with Gasteiger partial charge in [-0.1, -0.05) is 19.8 Å². The van der Waals surface area contributed by atoms with Crippen molar-refractivity contribution in [1.29, 1.82) is 0 Å². The van der Waals surface area contributed by atoms with E-state index in [4.69, 9.17) is 4.74 Å². The molecular formula is C12H21F3O2S. The minimum Gasteiger partial charge on any atom is -0.451 e. The van der Waals surface area contributed by atoms with Crippen LogP contribution in [-0.2, 0) is 9.53 Å². The molecule has 0 bridgehead atoms. The van der Waals surface area contributed by atoms with Gasteiger partial charge in [0, 0.05) is 13.3 Å². The first-order valence-electron chi connectivity index (χ1n) is 6.20. The minimum atomic E-state index is -4.03. The predicted molar refractivity (Wildman–Crippen MR) is 67.4 cm³/mol. The van der Waals surface area contributed by atoms with Crippen LogP contribution in [0.1, 0.15) is 52.4 Å². The summed E-state index contributed by atoms with van der Waals surface area (Å²) in [7, 11) is 0. The van der Waals surface area contributed by atoms with Gasteiger partial charge in [0.1, 0.15) is 5.44 Å². The minimum absolute atomic E-state index is 0.127. The van der Waals surface area contributed by atoms with Gasteiger partial charge in [0.15, 0.2) is 0 Å². The first-order chi connectivity index (χ1) is 8.35. The zero-order valence-corrected chi connectivity index (χ0v) is 11.7. The molecule has 0 aliphatic carbocycles. The zero-order chi connectivity index (χ0) is 14.0. The fourth-order valence-corrected chi connectivity index (χ4v) is 2.49. The van der Waals surface area contributed by atoms with Crippen molar-refractivity contribution in [2.24, 2.45) is 0 Å². The van der Waals surface area contributed by atoms with Crippen molar-refractivity contribution in [3.05, 3.63) is 0 Å². The maximum Gasteiger partial charge on any atom is 0.389 e. The SMILES string of the molecule is CCC(OC(C)=O)SCCCCCCC(F)(F)F. The number of unbranched alkanes of at least 4 members (excludes halogenated alkanes) is 3. The second-order valence-electron chi connectivity index (χ2n) is 4.10. The number of halogens is 3. The van der Waals surface area contributed by atoms with Crippen LogP contribution in [0.2, 0.25) is 0 Å². The number of ether oxygens (including phenoxy) is 1. The van der Waals surface area contributed by atoms with Gasteiger partial charge in [-0.05, 0) is 25.0 Å². The fraction of sp³-hybridized carbons (Fsp3) is 0.917. The van der Waals surface area contributed by atoms with Crippen molar-refractivity contribution in [1.82, 2.24) is 0 Å². The molecule has 108 valence electrons. The van der Waals surface area contributed by atoms with Crippen molar-refractivity contribution < 1.29 is 22.7 Å². The predicted octanol–water partition coefficient (Wildman–Crippen LogP) is 4.53. The molecular weight excluding hydrogens is 265 g/mol. The second kappa shape index (κ2) is 9.53. The third kappa shape index (κ3) is 12.1. The average molecular weight is 286 g/mol. The highest BCUT2D eigenvalue weighted by atomic mass is 32.2. The lowest BCUT2D eigenvalue weighted by Gasteiger charge is -2.14. The standard InChI is InChI=1S/C12H21F3O2S/c1-3-11(17-10(2)16)18-9-7-5-4-6-8-12(13,14)15/h11H,3-9H2,1-2H3. The summed E-state index contributed by atoms with van der Waals surface area (Å²) in [6, 6.07) is 0. The van der Waals surface area contributed by atoms with Crippen LogP contribution in [0.15, 0.2) is 0 Å². The van der Waals surface area contributed by atoms with Gasteiger partial charge >= 0.3 is 12.1 Å². The van der Waals surface area contributed by atoms with Crippen LogP contribution in [0.4, 0.5) is 13.2 Å². The third-order valence-electron chi connectivity index (χ3n) is 2.29. The number of esters is 1. The van der Waals surface area contributed by atoms with E-state index in [0.29, 0.717) is 6.42 Å². The van der Waals surface area contributed by atoms with Crippen LogP contribution in [0.5, 0.6) is 0 Å². The Kier molecular flexibility index (Phi) is 9.32. The number of thioether (sulfide) groups is 1. The average Bonchev–Trinajstić information content (AvgIpc) is 2.24. The smallest absolute Gasteiger partial charge is 0.389 e. The van der Waals surface area contributed by atoms with Crippen LogP contribution in [0, 0.1) is 0 Å². The van der Waals surface area contributed by atoms with Gasteiger partial charge in [-0.3, -0.25) is 4.79 Å². The largest absolute Gasteiger partial charge is 0.451 e. The summed E-state index contributed by atoms with van der Waals surface area (Å²) in [5, 5.41) is 0. The number of alkyl halides is 3. The molecule has 0 aromatic heterocycles. The first-order valence-corrected chi connectivity index (χ1v) is 7.25. The monoisotopic (exact) mass is 286 g/mol. The number of carbonyl (C=O) groups is 1. The molecule has 6 heteroatoms. The van der Waals surface area contributed by atoms with E-state index in [1.807, 2.05) is 6.92 Å². The highest BCUT2D eigenvalue weighted by Crippen LogP contribution is 2.23. The molecule has 1 unspecified atom stereocenters. The van der Waals surface area contributed by atoms with E-state index in [1.54, 1.807) is 11.8 Å². The second-order valence-corrected chi connectivity index (χ2v) is 5.36. The normalized spacial score (nSPS) is 13.4. The molecule has 18 heavy (non-hydrogen) atoms. The van der Waals surface area contributed by atoms with Crippen molar-refractivity contribution in [2.75, 3.05) is 5.75 Å². The zero-order valence-electron chi connectivity index (χ0n) is 10.9. The Morgan fingerprint density at radius 2 is 1.83 bits per heavy atom. The molecule has 1 atom stereocenters. The fourth-order valence-electron chi connectivity index (χ4n) is 1.42. The summed E-state index contributed by atoms with van der Waals surface area (Å²) >= 11 is 1.55. The summed E-state index contributed by atoms with van der Waals surface area (Å²) in [5.41, 5.74) is -0.127. The van der Waals surface area contributed by atoms with Gasteiger partial charge in [0.05, 0.1) is 0 Å². The number of rotatable bonds is 9. The molecule has 0 rings (SSSR count). The maximum absolute atomic E-state index is 11.9. The highest BCUT2D eigenvalue weighted by Gasteiger charge is 2.25. The molecule has 0 fully saturated rings. The molecule has 2 nitrogen and oxygen atoms in total. The molecule has 0 spiro atoms. The van der Waals surface area contributed by atoms with Crippen LogP contribution in [0.25, 0.3) is 0 Å². The number of hydrogen-bond donors (Lipinski definition) is 0. The molecule has 0 amide bonds. The molecule has 0 saturated carbocycles. The van der Waals surface area contributed by atoms with E-state index in [1.165, 1.54) is 6.92 Å².